The molecule has 2 aromatic rings. The quantitative estimate of drug-likeness (QED) is 0.262. The van der Waals surface area contributed by atoms with Crippen molar-refractivity contribution in [1.29, 1.82) is 0 Å². The first kappa shape index (κ1) is 27.4. The number of alkyl halides is 3. The summed E-state index contributed by atoms with van der Waals surface area (Å²) in [7, 11) is 1.63. The highest BCUT2D eigenvalue weighted by Gasteiger charge is 2.30. The zero-order chi connectivity index (χ0) is 23.0. The van der Waals surface area contributed by atoms with Crippen LogP contribution in [0.4, 0.5) is 13.2 Å². The zero-order valence-corrected chi connectivity index (χ0v) is 21.2. The fraction of sp³-hybridized carbons (Fsp3) is 0.458. The van der Waals surface area contributed by atoms with Crippen LogP contribution in [0.3, 0.4) is 0 Å². The van der Waals surface area contributed by atoms with E-state index >= 15 is 0 Å². The average molecular weight is 577 g/mol. The Morgan fingerprint density at radius 2 is 1.79 bits per heavy atom. The Labute approximate surface area is 210 Å². The number of nitrogens with one attached hydrogen (secondary N) is 2. The van der Waals surface area contributed by atoms with Crippen molar-refractivity contribution in [3.05, 3.63) is 70.8 Å². The first-order valence-electron chi connectivity index (χ1n) is 10.8. The first-order chi connectivity index (χ1) is 15.3. The molecule has 0 radical (unpaired) electrons. The van der Waals surface area contributed by atoms with Crippen LogP contribution in [0.2, 0.25) is 0 Å². The third kappa shape index (κ3) is 8.78. The van der Waals surface area contributed by atoms with Crippen LogP contribution in [0, 0.1) is 0 Å². The van der Waals surface area contributed by atoms with E-state index in [0.717, 1.165) is 49.3 Å². The predicted molar refractivity (Wildman–Crippen MR) is 134 cm³/mol. The number of hydrogen-bond donors (Lipinski definition) is 2. The molecule has 0 aromatic heterocycles. The molecule has 0 amide bonds. The molecule has 0 bridgehead atoms. The van der Waals surface area contributed by atoms with E-state index in [2.05, 4.69) is 15.6 Å². The smallest absolute Gasteiger partial charge is 0.381 e. The van der Waals surface area contributed by atoms with Crippen LogP contribution in [0.5, 0.6) is 0 Å². The maximum absolute atomic E-state index is 13.0. The largest absolute Gasteiger partial charge is 0.416 e. The molecule has 0 saturated carbocycles. The molecule has 5 nitrogen and oxygen atoms in total. The van der Waals surface area contributed by atoms with Gasteiger partial charge in [0.2, 0.25) is 0 Å². The standard InChI is InChI=1S/C24H30F3N3O2.HI/c1-17(20-4-3-5-21(14-20)24(25,26)27)30-23(28-2)29-15-18-6-8-19(9-7-18)16-32-22-10-12-31-13-11-22;/h3-9,14,17,22H,10-13,15-16H2,1-2H3,(H2,28,29,30);1H. The van der Waals surface area contributed by atoms with Gasteiger partial charge < -0.3 is 20.1 Å². The summed E-state index contributed by atoms with van der Waals surface area (Å²) in [6, 6.07) is 13.1. The predicted octanol–water partition coefficient (Wildman–Crippen LogP) is 5.45. The molecule has 2 aromatic carbocycles. The lowest BCUT2D eigenvalue weighted by molar-refractivity contribution is -0.137. The van der Waals surface area contributed by atoms with E-state index in [0.29, 0.717) is 24.7 Å². The lowest BCUT2D eigenvalue weighted by Gasteiger charge is -2.22. The lowest BCUT2D eigenvalue weighted by Crippen LogP contribution is -2.38. The maximum atomic E-state index is 13.0. The Balaban J connectivity index is 0.00000385. The van der Waals surface area contributed by atoms with E-state index in [1.54, 1.807) is 20.0 Å². The minimum Gasteiger partial charge on any atom is -0.381 e. The second kappa shape index (κ2) is 13.1. The fourth-order valence-electron chi connectivity index (χ4n) is 3.46. The molecule has 1 heterocycles. The highest BCUT2D eigenvalue weighted by molar-refractivity contribution is 14.0. The first-order valence-corrected chi connectivity index (χ1v) is 10.8. The number of aliphatic imine (C=N–C) groups is 1. The van der Waals surface area contributed by atoms with Crippen LogP contribution in [-0.2, 0) is 28.8 Å². The summed E-state index contributed by atoms with van der Waals surface area (Å²) in [4.78, 5) is 4.18. The molecule has 9 heteroatoms. The van der Waals surface area contributed by atoms with Crippen LogP contribution in [0.1, 0.15) is 48.1 Å². The fourth-order valence-corrected chi connectivity index (χ4v) is 3.46. The molecule has 3 rings (SSSR count). The molecule has 182 valence electrons. The molecular formula is C24H31F3IN3O2. The highest BCUT2D eigenvalue weighted by Crippen LogP contribution is 2.30. The van der Waals surface area contributed by atoms with Gasteiger partial charge in [-0.1, -0.05) is 36.4 Å². The van der Waals surface area contributed by atoms with Crippen LogP contribution in [0.25, 0.3) is 0 Å². The molecule has 1 aliphatic heterocycles. The number of guanidine groups is 1. The van der Waals surface area contributed by atoms with E-state index in [1.807, 2.05) is 24.3 Å². The lowest BCUT2D eigenvalue weighted by atomic mass is 10.1. The Morgan fingerprint density at radius 3 is 2.42 bits per heavy atom. The summed E-state index contributed by atoms with van der Waals surface area (Å²) >= 11 is 0. The molecule has 1 fully saturated rings. The van der Waals surface area contributed by atoms with E-state index < -0.39 is 11.7 Å². The van der Waals surface area contributed by atoms with Gasteiger partial charge in [-0.2, -0.15) is 13.2 Å². The van der Waals surface area contributed by atoms with E-state index in [-0.39, 0.29) is 36.1 Å². The molecule has 1 aliphatic rings. The third-order valence-electron chi connectivity index (χ3n) is 5.43. The van der Waals surface area contributed by atoms with E-state index in [9.17, 15) is 13.2 Å². The maximum Gasteiger partial charge on any atom is 0.416 e. The van der Waals surface area contributed by atoms with Crippen molar-refractivity contribution in [2.75, 3.05) is 20.3 Å². The Bertz CT molecular complexity index is 885. The molecule has 2 N–H and O–H groups in total. The van der Waals surface area contributed by atoms with Gasteiger partial charge in [-0.3, -0.25) is 4.99 Å². The minimum atomic E-state index is -4.36. The van der Waals surface area contributed by atoms with Crippen molar-refractivity contribution in [2.24, 2.45) is 4.99 Å². The number of hydrogen-bond acceptors (Lipinski definition) is 3. The van der Waals surface area contributed by atoms with Crippen molar-refractivity contribution in [3.8, 4) is 0 Å². The monoisotopic (exact) mass is 577 g/mol. The number of nitrogens with zero attached hydrogens (tertiary/aromatic N) is 1. The van der Waals surface area contributed by atoms with Crippen molar-refractivity contribution in [1.82, 2.24) is 10.6 Å². The Kier molecular flexibility index (Phi) is 10.9. The average Bonchev–Trinajstić information content (AvgIpc) is 2.81. The molecular weight excluding hydrogens is 546 g/mol. The van der Waals surface area contributed by atoms with Gasteiger partial charge in [-0.05, 0) is 48.6 Å². The van der Waals surface area contributed by atoms with Crippen molar-refractivity contribution >= 4 is 29.9 Å². The Hall–Kier alpha value is -1.85. The van der Waals surface area contributed by atoms with Crippen LogP contribution < -0.4 is 10.6 Å². The summed E-state index contributed by atoms with van der Waals surface area (Å²) < 4.78 is 50.2. The summed E-state index contributed by atoms with van der Waals surface area (Å²) in [6.45, 7) is 4.44. The number of ether oxygens (including phenoxy) is 2. The van der Waals surface area contributed by atoms with Crippen molar-refractivity contribution < 1.29 is 22.6 Å². The Morgan fingerprint density at radius 1 is 1.12 bits per heavy atom. The normalized spacial score (nSPS) is 16.1. The van der Waals surface area contributed by atoms with Gasteiger partial charge in [0.25, 0.3) is 0 Å². The molecule has 1 unspecified atom stereocenters. The van der Waals surface area contributed by atoms with Crippen LogP contribution in [0.15, 0.2) is 53.5 Å². The van der Waals surface area contributed by atoms with Gasteiger partial charge in [-0.25, -0.2) is 0 Å². The molecule has 33 heavy (non-hydrogen) atoms. The van der Waals surface area contributed by atoms with Gasteiger partial charge in [-0.15, -0.1) is 24.0 Å². The highest BCUT2D eigenvalue weighted by atomic mass is 127. The van der Waals surface area contributed by atoms with Crippen LogP contribution >= 0.6 is 24.0 Å². The van der Waals surface area contributed by atoms with Gasteiger partial charge in [0.1, 0.15) is 0 Å². The number of benzene rings is 2. The van der Waals surface area contributed by atoms with E-state index in [1.165, 1.54) is 6.07 Å². The van der Waals surface area contributed by atoms with Gasteiger partial charge >= 0.3 is 6.18 Å². The van der Waals surface area contributed by atoms with Crippen molar-refractivity contribution in [3.63, 3.8) is 0 Å². The SMILES string of the molecule is CN=C(NCc1ccc(COC2CCOCC2)cc1)NC(C)c1cccc(C(F)(F)F)c1.I. The van der Waals surface area contributed by atoms with Gasteiger partial charge in [0.05, 0.1) is 24.3 Å². The van der Waals surface area contributed by atoms with Gasteiger partial charge in [0.15, 0.2) is 5.96 Å². The number of rotatable bonds is 7. The van der Waals surface area contributed by atoms with Crippen LogP contribution in [-0.4, -0.2) is 32.3 Å². The van der Waals surface area contributed by atoms with E-state index in [4.69, 9.17) is 9.47 Å². The second-order valence-electron chi connectivity index (χ2n) is 7.85. The zero-order valence-electron chi connectivity index (χ0n) is 18.8. The molecule has 1 atom stereocenters. The molecule has 0 aliphatic carbocycles. The topological polar surface area (TPSA) is 54.9 Å². The van der Waals surface area contributed by atoms with Crippen molar-refractivity contribution in [2.45, 2.75) is 51.2 Å². The summed E-state index contributed by atoms with van der Waals surface area (Å²) in [5.74, 6) is 0.516. The number of halogens is 4. The summed E-state index contributed by atoms with van der Waals surface area (Å²) in [5, 5.41) is 6.35. The van der Waals surface area contributed by atoms with Gasteiger partial charge in [0, 0.05) is 26.8 Å². The molecule has 0 spiro atoms. The third-order valence-corrected chi connectivity index (χ3v) is 5.43. The summed E-state index contributed by atoms with van der Waals surface area (Å²) in [5.41, 5.74) is 2.06. The minimum absolute atomic E-state index is 0. The summed E-state index contributed by atoms with van der Waals surface area (Å²) in [6.07, 6.45) is -2.23. The molecule has 1 saturated heterocycles. The second-order valence-corrected chi connectivity index (χ2v) is 7.85.